The standard InChI is InChI=1S/C18H26/c1-2-8-17(9-3-1)18-12-10-16(11-13-18)14-15-6-4-5-7-15/h1-3,8-9,15-16,18H,4-7,10-14H2. The van der Waals surface area contributed by atoms with Crippen molar-refractivity contribution in [3.63, 3.8) is 0 Å². The van der Waals surface area contributed by atoms with Crippen LogP contribution in [-0.2, 0) is 0 Å². The second-order valence-corrected chi connectivity index (χ2v) is 6.51. The maximum Gasteiger partial charge on any atom is -0.0162 e. The molecule has 0 atom stereocenters. The first-order chi connectivity index (χ1) is 8.92. The highest BCUT2D eigenvalue weighted by Gasteiger charge is 2.25. The predicted octanol–water partition coefficient (Wildman–Crippen LogP) is 5.54. The van der Waals surface area contributed by atoms with Crippen LogP contribution in [0, 0.1) is 11.8 Å². The van der Waals surface area contributed by atoms with Crippen LogP contribution in [0.5, 0.6) is 0 Å². The Bertz CT molecular complexity index is 340. The van der Waals surface area contributed by atoms with E-state index in [1.165, 1.54) is 51.4 Å². The molecule has 1 aromatic rings. The number of rotatable bonds is 3. The van der Waals surface area contributed by atoms with E-state index in [-0.39, 0.29) is 0 Å². The average Bonchev–Trinajstić information content (AvgIpc) is 2.94. The molecule has 0 bridgehead atoms. The minimum atomic E-state index is 0.853. The van der Waals surface area contributed by atoms with E-state index in [1.54, 1.807) is 12.0 Å². The Labute approximate surface area is 112 Å². The summed E-state index contributed by atoms with van der Waals surface area (Å²) in [4.78, 5) is 0. The maximum absolute atomic E-state index is 2.32. The molecular formula is C18H26. The molecule has 0 aromatic heterocycles. The second-order valence-electron chi connectivity index (χ2n) is 6.51. The van der Waals surface area contributed by atoms with E-state index in [0.29, 0.717) is 0 Å². The molecule has 0 heterocycles. The van der Waals surface area contributed by atoms with Crippen LogP contribution in [-0.4, -0.2) is 0 Å². The molecule has 2 saturated carbocycles. The monoisotopic (exact) mass is 242 g/mol. The second kappa shape index (κ2) is 5.91. The third-order valence-electron chi connectivity index (χ3n) is 5.26. The van der Waals surface area contributed by atoms with Gasteiger partial charge in [0.25, 0.3) is 0 Å². The first-order valence-corrected chi connectivity index (χ1v) is 7.97. The first kappa shape index (κ1) is 12.3. The van der Waals surface area contributed by atoms with Crippen LogP contribution in [0.1, 0.15) is 69.3 Å². The Morgan fingerprint density at radius 1 is 0.722 bits per heavy atom. The summed E-state index contributed by atoms with van der Waals surface area (Å²) in [5.74, 6) is 2.99. The van der Waals surface area contributed by atoms with Gasteiger partial charge in [-0.2, -0.15) is 0 Å². The van der Waals surface area contributed by atoms with Gasteiger partial charge in [-0.25, -0.2) is 0 Å². The predicted molar refractivity (Wildman–Crippen MR) is 77.7 cm³/mol. The summed E-state index contributed by atoms with van der Waals surface area (Å²) in [6.45, 7) is 0. The van der Waals surface area contributed by atoms with Gasteiger partial charge in [0.15, 0.2) is 0 Å². The maximum atomic E-state index is 2.32. The molecule has 18 heavy (non-hydrogen) atoms. The largest absolute Gasteiger partial charge is 0.0622 e. The van der Waals surface area contributed by atoms with Crippen LogP contribution < -0.4 is 0 Å². The average molecular weight is 242 g/mol. The molecule has 0 N–H and O–H groups in total. The van der Waals surface area contributed by atoms with E-state index in [9.17, 15) is 0 Å². The lowest BCUT2D eigenvalue weighted by Gasteiger charge is -2.30. The van der Waals surface area contributed by atoms with Gasteiger partial charge in [-0.1, -0.05) is 56.0 Å². The summed E-state index contributed by atoms with van der Waals surface area (Å²) in [5, 5.41) is 0. The van der Waals surface area contributed by atoms with Crippen LogP contribution in [0.2, 0.25) is 0 Å². The van der Waals surface area contributed by atoms with E-state index in [0.717, 1.165) is 17.8 Å². The molecule has 1 aromatic carbocycles. The van der Waals surface area contributed by atoms with Gasteiger partial charge >= 0.3 is 0 Å². The van der Waals surface area contributed by atoms with Gasteiger partial charge < -0.3 is 0 Å². The topological polar surface area (TPSA) is 0 Å². The number of benzene rings is 1. The fourth-order valence-corrected chi connectivity index (χ4v) is 4.17. The molecule has 98 valence electrons. The Kier molecular flexibility index (Phi) is 4.02. The molecule has 2 fully saturated rings. The summed E-state index contributed by atoms with van der Waals surface area (Å²) < 4.78 is 0. The zero-order valence-electron chi connectivity index (χ0n) is 11.5. The summed E-state index contributed by atoms with van der Waals surface area (Å²) >= 11 is 0. The van der Waals surface area contributed by atoms with E-state index < -0.39 is 0 Å². The van der Waals surface area contributed by atoms with Crippen LogP contribution in [0.25, 0.3) is 0 Å². The zero-order chi connectivity index (χ0) is 12.2. The van der Waals surface area contributed by atoms with Gasteiger partial charge in [-0.3, -0.25) is 0 Å². The first-order valence-electron chi connectivity index (χ1n) is 7.97. The molecule has 0 aliphatic heterocycles. The fraction of sp³-hybridized carbons (Fsp3) is 0.667. The van der Waals surface area contributed by atoms with Gasteiger partial charge in [0.05, 0.1) is 0 Å². The van der Waals surface area contributed by atoms with Crippen LogP contribution in [0.3, 0.4) is 0 Å². The summed E-state index contributed by atoms with van der Waals surface area (Å²) in [6.07, 6.45) is 13.4. The minimum Gasteiger partial charge on any atom is -0.0622 e. The van der Waals surface area contributed by atoms with E-state index in [2.05, 4.69) is 30.3 Å². The van der Waals surface area contributed by atoms with Gasteiger partial charge in [-0.05, 0) is 55.4 Å². The Balaban J connectivity index is 1.49. The SMILES string of the molecule is c1ccc(C2CCC(CC3CCCC3)CC2)cc1. The van der Waals surface area contributed by atoms with Crippen molar-refractivity contribution >= 4 is 0 Å². The lowest BCUT2D eigenvalue weighted by Crippen LogP contribution is -2.15. The van der Waals surface area contributed by atoms with Crippen LogP contribution in [0.15, 0.2) is 30.3 Å². The number of hydrogen-bond acceptors (Lipinski definition) is 0. The van der Waals surface area contributed by atoms with E-state index >= 15 is 0 Å². The van der Waals surface area contributed by atoms with Gasteiger partial charge in [-0.15, -0.1) is 0 Å². The molecule has 3 rings (SSSR count). The molecule has 0 nitrogen and oxygen atoms in total. The van der Waals surface area contributed by atoms with Gasteiger partial charge in [0, 0.05) is 0 Å². The lowest BCUT2D eigenvalue weighted by atomic mass is 9.75. The van der Waals surface area contributed by atoms with E-state index in [1.807, 2.05) is 0 Å². The van der Waals surface area contributed by atoms with Crippen LogP contribution >= 0.6 is 0 Å². The highest BCUT2D eigenvalue weighted by molar-refractivity contribution is 5.19. The van der Waals surface area contributed by atoms with Crippen molar-refractivity contribution in [1.82, 2.24) is 0 Å². The Morgan fingerprint density at radius 2 is 1.33 bits per heavy atom. The Morgan fingerprint density at radius 3 is 2.00 bits per heavy atom. The highest BCUT2D eigenvalue weighted by atomic mass is 14.3. The van der Waals surface area contributed by atoms with Crippen molar-refractivity contribution in [2.45, 2.75) is 63.7 Å². The lowest BCUT2D eigenvalue weighted by molar-refractivity contribution is 0.270. The van der Waals surface area contributed by atoms with Crippen molar-refractivity contribution < 1.29 is 0 Å². The van der Waals surface area contributed by atoms with Crippen molar-refractivity contribution in [1.29, 1.82) is 0 Å². The highest BCUT2D eigenvalue weighted by Crippen LogP contribution is 2.40. The smallest absolute Gasteiger partial charge is 0.0162 e. The third-order valence-corrected chi connectivity index (χ3v) is 5.26. The molecule has 0 radical (unpaired) electrons. The summed E-state index contributed by atoms with van der Waals surface area (Å²) in [6, 6.07) is 11.2. The van der Waals surface area contributed by atoms with Crippen molar-refractivity contribution in [3.05, 3.63) is 35.9 Å². The normalized spacial score (nSPS) is 29.6. The van der Waals surface area contributed by atoms with E-state index in [4.69, 9.17) is 0 Å². The molecular weight excluding hydrogens is 216 g/mol. The molecule has 0 saturated heterocycles. The Hall–Kier alpha value is -0.780. The third kappa shape index (κ3) is 2.96. The van der Waals surface area contributed by atoms with Gasteiger partial charge in [0.2, 0.25) is 0 Å². The summed E-state index contributed by atoms with van der Waals surface area (Å²) in [7, 11) is 0. The molecule has 0 amide bonds. The summed E-state index contributed by atoms with van der Waals surface area (Å²) in [5.41, 5.74) is 1.58. The molecule has 0 heteroatoms. The number of hydrogen-bond donors (Lipinski definition) is 0. The molecule has 0 spiro atoms. The van der Waals surface area contributed by atoms with Crippen molar-refractivity contribution in [2.75, 3.05) is 0 Å². The molecule has 2 aliphatic rings. The van der Waals surface area contributed by atoms with Crippen molar-refractivity contribution in [2.24, 2.45) is 11.8 Å². The zero-order valence-corrected chi connectivity index (χ0v) is 11.5. The fourth-order valence-electron chi connectivity index (χ4n) is 4.17. The van der Waals surface area contributed by atoms with Crippen LogP contribution in [0.4, 0.5) is 0 Å². The molecule has 2 aliphatic carbocycles. The molecule has 0 unspecified atom stereocenters. The van der Waals surface area contributed by atoms with Gasteiger partial charge in [0.1, 0.15) is 0 Å². The quantitative estimate of drug-likeness (QED) is 0.652. The minimum absolute atomic E-state index is 0.853. The van der Waals surface area contributed by atoms with Crippen molar-refractivity contribution in [3.8, 4) is 0 Å².